The molecule has 0 aromatic carbocycles. The first-order valence-corrected chi connectivity index (χ1v) is 6.38. The van der Waals surface area contributed by atoms with Crippen molar-refractivity contribution in [2.45, 2.75) is 19.3 Å². The largest absolute Gasteiger partial charge is 0.342 e. The van der Waals surface area contributed by atoms with Crippen LogP contribution < -0.4 is 5.32 Å². The van der Waals surface area contributed by atoms with E-state index in [0.717, 1.165) is 37.5 Å². The molecule has 0 bridgehead atoms. The monoisotopic (exact) mass is 254 g/mol. The third-order valence-corrected chi connectivity index (χ3v) is 3.36. The molecular formula is C10H14N4O2S. The van der Waals surface area contributed by atoms with Gasteiger partial charge in [-0.05, 0) is 30.8 Å². The van der Waals surface area contributed by atoms with Crippen molar-refractivity contribution in [2.75, 3.05) is 19.6 Å². The minimum Gasteiger partial charge on any atom is -0.342 e. The number of likely N-dealkylation sites (tertiary alicyclic amines) is 1. The zero-order valence-electron chi connectivity index (χ0n) is 9.39. The topological polar surface area (TPSA) is 75.2 Å². The van der Waals surface area contributed by atoms with E-state index in [0.29, 0.717) is 4.88 Å². The summed E-state index contributed by atoms with van der Waals surface area (Å²) in [6.45, 7) is 1.66. The van der Waals surface area contributed by atoms with Crippen LogP contribution in [0.5, 0.6) is 0 Å². The molecule has 0 radical (unpaired) electrons. The fourth-order valence-corrected chi connectivity index (χ4v) is 2.20. The van der Waals surface area contributed by atoms with Crippen LogP contribution in [-0.4, -0.2) is 45.9 Å². The molecule has 0 spiro atoms. The van der Waals surface area contributed by atoms with Gasteiger partial charge >= 0.3 is 0 Å². The number of amides is 2. The van der Waals surface area contributed by atoms with Gasteiger partial charge in [-0.3, -0.25) is 9.59 Å². The van der Waals surface area contributed by atoms with Crippen LogP contribution in [0.25, 0.3) is 0 Å². The molecule has 7 heteroatoms. The van der Waals surface area contributed by atoms with Gasteiger partial charge in [-0.2, -0.15) is 0 Å². The maximum absolute atomic E-state index is 11.8. The zero-order valence-corrected chi connectivity index (χ0v) is 10.2. The van der Waals surface area contributed by atoms with Gasteiger partial charge in [0.1, 0.15) is 4.88 Å². The van der Waals surface area contributed by atoms with E-state index < -0.39 is 0 Å². The van der Waals surface area contributed by atoms with Gasteiger partial charge in [0.2, 0.25) is 5.91 Å². The number of carbonyl (C=O) groups excluding carboxylic acids is 2. The van der Waals surface area contributed by atoms with E-state index in [4.69, 9.17) is 0 Å². The van der Waals surface area contributed by atoms with Crippen LogP contribution in [0.15, 0.2) is 6.20 Å². The molecule has 0 aliphatic carbocycles. The number of rotatable bonds is 3. The highest BCUT2D eigenvalue weighted by Crippen LogP contribution is 2.08. The predicted molar refractivity (Wildman–Crippen MR) is 62.7 cm³/mol. The first kappa shape index (κ1) is 12.0. The second-order valence-corrected chi connectivity index (χ2v) is 4.69. The molecule has 92 valence electrons. The van der Waals surface area contributed by atoms with Crippen molar-refractivity contribution in [3.8, 4) is 0 Å². The fraction of sp³-hybridized carbons (Fsp3) is 0.600. The quantitative estimate of drug-likeness (QED) is 0.840. The number of aromatic nitrogens is 2. The summed E-state index contributed by atoms with van der Waals surface area (Å²) >= 11 is 1.02. The Bertz CT molecular complexity index is 387. The Labute approximate surface area is 103 Å². The summed E-state index contributed by atoms with van der Waals surface area (Å²) in [5.74, 6) is -0.305. The second kappa shape index (κ2) is 5.72. The molecule has 6 nitrogen and oxygen atoms in total. The van der Waals surface area contributed by atoms with E-state index in [1.807, 2.05) is 0 Å². The van der Waals surface area contributed by atoms with Gasteiger partial charge in [0.15, 0.2) is 0 Å². The highest BCUT2D eigenvalue weighted by atomic mass is 32.1. The van der Waals surface area contributed by atoms with Crippen LogP contribution in [0.1, 0.15) is 28.9 Å². The summed E-state index contributed by atoms with van der Waals surface area (Å²) in [6, 6.07) is 0. The molecule has 1 fully saturated rings. The Morgan fingerprint density at radius 3 is 2.76 bits per heavy atom. The summed E-state index contributed by atoms with van der Waals surface area (Å²) in [5, 5.41) is 6.15. The summed E-state index contributed by atoms with van der Waals surface area (Å²) in [6.07, 6.45) is 4.69. The lowest BCUT2D eigenvalue weighted by Gasteiger charge is -2.26. The van der Waals surface area contributed by atoms with E-state index in [1.165, 1.54) is 12.6 Å². The Kier molecular flexibility index (Phi) is 4.03. The minimum absolute atomic E-state index is 0.0180. The van der Waals surface area contributed by atoms with E-state index >= 15 is 0 Å². The smallest absolute Gasteiger partial charge is 0.265 e. The molecule has 17 heavy (non-hydrogen) atoms. The van der Waals surface area contributed by atoms with Gasteiger partial charge in [0.25, 0.3) is 5.91 Å². The number of nitrogens with zero attached hydrogens (tertiary/aromatic N) is 3. The summed E-state index contributed by atoms with van der Waals surface area (Å²) in [7, 11) is 0. The van der Waals surface area contributed by atoms with Gasteiger partial charge < -0.3 is 10.2 Å². The van der Waals surface area contributed by atoms with E-state index in [-0.39, 0.29) is 18.4 Å². The predicted octanol–water partition coefficient (Wildman–Crippen LogP) is 0.280. The Balaban J connectivity index is 1.77. The Hall–Kier alpha value is -1.50. The van der Waals surface area contributed by atoms with Gasteiger partial charge in [-0.25, -0.2) is 0 Å². The van der Waals surface area contributed by atoms with Gasteiger partial charge in [0, 0.05) is 13.1 Å². The Morgan fingerprint density at radius 2 is 2.12 bits per heavy atom. The molecule has 1 aliphatic rings. The van der Waals surface area contributed by atoms with E-state index in [1.54, 1.807) is 4.90 Å². The van der Waals surface area contributed by atoms with Crippen LogP contribution in [0.3, 0.4) is 0 Å². The summed E-state index contributed by atoms with van der Waals surface area (Å²) in [4.78, 5) is 25.5. The lowest BCUT2D eigenvalue weighted by molar-refractivity contribution is -0.130. The number of nitrogens with one attached hydrogen (secondary N) is 1. The zero-order chi connectivity index (χ0) is 12.1. The van der Waals surface area contributed by atoms with Gasteiger partial charge in [0.05, 0.1) is 12.7 Å². The maximum Gasteiger partial charge on any atom is 0.265 e. The standard InChI is InChI=1S/C10H14N4O2S/c15-9(14-4-2-1-3-5-14)7-11-10(16)8-6-12-13-17-8/h6H,1-5,7H2,(H,11,16). The van der Waals surface area contributed by atoms with Crippen LogP contribution in [0.2, 0.25) is 0 Å². The minimum atomic E-state index is -0.287. The van der Waals surface area contributed by atoms with Gasteiger partial charge in [-0.1, -0.05) is 4.49 Å². The molecule has 2 amide bonds. The third-order valence-electron chi connectivity index (χ3n) is 2.69. The second-order valence-electron chi connectivity index (χ2n) is 3.91. The third kappa shape index (κ3) is 3.23. The maximum atomic E-state index is 11.8. The number of carbonyl (C=O) groups is 2. The Morgan fingerprint density at radius 1 is 1.35 bits per heavy atom. The lowest BCUT2D eigenvalue weighted by Crippen LogP contribution is -2.42. The molecular weight excluding hydrogens is 240 g/mol. The molecule has 0 unspecified atom stereocenters. The first-order chi connectivity index (χ1) is 8.27. The fourth-order valence-electron chi connectivity index (χ4n) is 1.77. The molecule has 2 rings (SSSR count). The summed E-state index contributed by atoms with van der Waals surface area (Å²) in [5.41, 5.74) is 0. The highest BCUT2D eigenvalue weighted by molar-refractivity contribution is 7.07. The molecule has 2 heterocycles. The first-order valence-electron chi connectivity index (χ1n) is 5.60. The SMILES string of the molecule is O=C(NCC(=O)N1CCCCC1)c1cnns1. The van der Waals surface area contributed by atoms with E-state index in [2.05, 4.69) is 14.9 Å². The van der Waals surface area contributed by atoms with Crippen LogP contribution in [0, 0.1) is 0 Å². The molecule has 1 aromatic heterocycles. The highest BCUT2D eigenvalue weighted by Gasteiger charge is 2.17. The van der Waals surface area contributed by atoms with Crippen LogP contribution >= 0.6 is 11.5 Å². The number of piperidine rings is 1. The van der Waals surface area contributed by atoms with Crippen molar-refractivity contribution < 1.29 is 9.59 Å². The molecule has 0 saturated carbocycles. The number of hydrogen-bond donors (Lipinski definition) is 1. The van der Waals surface area contributed by atoms with Crippen molar-refractivity contribution in [1.82, 2.24) is 19.8 Å². The van der Waals surface area contributed by atoms with E-state index in [9.17, 15) is 9.59 Å². The molecule has 1 N–H and O–H groups in total. The van der Waals surface area contributed by atoms with Crippen molar-refractivity contribution >= 4 is 23.3 Å². The van der Waals surface area contributed by atoms with Crippen LogP contribution in [0.4, 0.5) is 0 Å². The average Bonchev–Trinajstić information content (AvgIpc) is 2.90. The van der Waals surface area contributed by atoms with Gasteiger partial charge in [-0.15, -0.1) is 5.10 Å². The van der Waals surface area contributed by atoms with Crippen molar-refractivity contribution in [3.05, 3.63) is 11.1 Å². The number of hydrogen-bond acceptors (Lipinski definition) is 5. The van der Waals surface area contributed by atoms with Crippen molar-refractivity contribution in [3.63, 3.8) is 0 Å². The lowest BCUT2D eigenvalue weighted by atomic mass is 10.1. The molecule has 1 aliphatic heterocycles. The molecule has 0 atom stereocenters. The molecule has 1 saturated heterocycles. The van der Waals surface area contributed by atoms with Crippen molar-refractivity contribution in [2.24, 2.45) is 0 Å². The average molecular weight is 254 g/mol. The van der Waals surface area contributed by atoms with Crippen molar-refractivity contribution in [1.29, 1.82) is 0 Å². The molecule has 1 aromatic rings. The summed E-state index contributed by atoms with van der Waals surface area (Å²) < 4.78 is 3.60. The normalized spacial score (nSPS) is 15.6. The van der Waals surface area contributed by atoms with Crippen LogP contribution in [-0.2, 0) is 4.79 Å².